The number of halogens is 2. The SMILES string of the molecule is CC(C)(C)Cc1ccnc(-c2[c-]cc3sc4c(-c5cc(F)cc(F)c5)cccc4c3c2)c1.Cc1cc(-c2[c-]cccc2)nc[c]1[Ge]([CH3])([CH3])[CH3].[Ir]. The Bertz CT molecular complexity index is 2250. The second-order valence-corrected chi connectivity index (χ2v) is 26.4. The molecule has 0 fully saturated rings. The average molecular weight is 920 g/mol. The molecule has 0 atom stereocenters. The molecule has 4 aromatic carbocycles. The predicted octanol–water partition coefficient (Wildman–Crippen LogP) is 11.9. The van der Waals surface area contributed by atoms with Crippen molar-refractivity contribution in [3.63, 3.8) is 0 Å². The average Bonchev–Trinajstić information content (AvgIpc) is 3.42. The molecule has 0 amide bonds. The number of thiophene rings is 1. The minimum absolute atomic E-state index is 0. The van der Waals surface area contributed by atoms with E-state index in [9.17, 15) is 8.78 Å². The van der Waals surface area contributed by atoms with Gasteiger partial charge < -0.3 is 4.98 Å². The number of rotatable bonds is 5. The molecular weight excluding hydrogens is 879 g/mol. The topological polar surface area (TPSA) is 25.8 Å². The predicted molar refractivity (Wildman–Crippen MR) is 206 cm³/mol. The van der Waals surface area contributed by atoms with Crippen LogP contribution < -0.4 is 4.40 Å². The Morgan fingerprint density at radius 2 is 1.52 bits per heavy atom. The van der Waals surface area contributed by atoms with Crippen LogP contribution in [0.1, 0.15) is 31.9 Å². The van der Waals surface area contributed by atoms with Gasteiger partial charge in [0.1, 0.15) is 11.6 Å². The zero-order valence-corrected chi connectivity index (χ0v) is 34.7. The van der Waals surface area contributed by atoms with Crippen LogP contribution in [-0.2, 0) is 26.5 Å². The summed E-state index contributed by atoms with van der Waals surface area (Å²) < 4.78 is 31.3. The van der Waals surface area contributed by atoms with E-state index in [0.717, 1.165) is 60.7 Å². The van der Waals surface area contributed by atoms with Crippen molar-refractivity contribution in [3.8, 4) is 33.6 Å². The third-order valence-electron chi connectivity index (χ3n) is 8.34. The molecule has 7 rings (SSSR count). The fourth-order valence-electron chi connectivity index (χ4n) is 6.21. The molecule has 7 heteroatoms. The molecule has 0 aliphatic rings. The van der Waals surface area contributed by atoms with Crippen molar-refractivity contribution in [1.82, 2.24) is 9.97 Å². The normalized spacial score (nSPS) is 11.6. The molecule has 50 heavy (non-hydrogen) atoms. The number of nitrogens with zero attached hydrogens (tertiary/aromatic N) is 2. The summed E-state index contributed by atoms with van der Waals surface area (Å²) in [5.41, 5.74) is 8.13. The van der Waals surface area contributed by atoms with Crippen molar-refractivity contribution in [3.05, 3.63) is 138 Å². The summed E-state index contributed by atoms with van der Waals surface area (Å²) in [4.78, 5) is 9.18. The van der Waals surface area contributed by atoms with Crippen LogP contribution in [0.3, 0.4) is 0 Å². The van der Waals surface area contributed by atoms with Crippen LogP contribution in [0.2, 0.25) is 17.3 Å². The summed E-state index contributed by atoms with van der Waals surface area (Å²) in [5.74, 6) is 6.06. The van der Waals surface area contributed by atoms with E-state index in [1.807, 2.05) is 42.6 Å². The first-order valence-electron chi connectivity index (χ1n) is 16.5. The summed E-state index contributed by atoms with van der Waals surface area (Å²) in [7, 11) is 0. The number of aromatic nitrogens is 2. The Balaban J connectivity index is 0.000000229. The van der Waals surface area contributed by atoms with Gasteiger partial charge in [0.15, 0.2) is 0 Å². The van der Waals surface area contributed by atoms with E-state index in [1.165, 1.54) is 27.7 Å². The third-order valence-corrected chi connectivity index (χ3v) is 14.0. The summed E-state index contributed by atoms with van der Waals surface area (Å²) in [5, 5.41) is 2.16. The quantitative estimate of drug-likeness (QED) is 0.127. The maximum atomic E-state index is 13.8. The van der Waals surface area contributed by atoms with E-state index in [0.29, 0.717) is 5.56 Å². The van der Waals surface area contributed by atoms with Gasteiger partial charge in [0, 0.05) is 37.1 Å². The summed E-state index contributed by atoms with van der Waals surface area (Å²) in [6, 6.07) is 34.7. The number of aryl methyl sites for hydroxylation is 1. The molecule has 0 spiro atoms. The van der Waals surface area contributed by atoms with E-state index < -0.39 is 24.9 Å². The molecule has 257 valence electrons. The maximum absolute atomic E-state index is 13.8. The molecule has 0 aliphatic heterocycles. The van der Waals surface area contributed by atoms with E-state index in [4.69, 9.17) is 0 Å². The zero-order valence-electron chi connectivity index (χ0n) is 29.4. The summed E-state index contributed by atoms with van der Waals surface area (Å²) in [6.45, 7) is 8.88. The van der Waals surface area contributed by atoms with Crippen molar-refractivity contribution in [2.75, 3.05) is 0 Å². The second kappa shape index (κ2) is 15.4. The van der Waals surface area contributed by atoms with E-state index >= 15 is 0 Å². The monoisotopic (exact) mass is 921 g/mol. The van der Waals surface area contributed by atoms with Gasteiger partial charge in [-0.15, -0.1) is 23.8 Å². The Hall–Kier alpha value is -3.55. The van der Waals surface area contributed by atoms with Gasteiger partial charge in [0.2, 0.25) is 0 Å². The molecule has 0 saturated carbocycles. The first-order valence-corrected chi connectivity index (χ1v) is 24.6. The van der Waals surface area contributed by atoms with Gasteiger partial charge in [-0.3, -0.25) is 0 Å². The van der Waals surface area contributed by atoms with Crippen molar-refractivity contribution in [1.29, 1.82) is 0 Å². The van der Waals surface area contributed by atoms with Crippen molar-refractivity contribution < 1.29 is 28.9 Å². The number of hydrogen-bond acceptors (Lipinski definition) is 3. The van der Waals surface area contributed by atoms with Crippen LogP contribution in [0, 0.1) is 36.1 Å². The fraction of sp³-hybridized carbons (Fsp3) is 0.209. The van der Waals surface area contributed by atoms with Crippen LogP contribution in [0.4, 0.5) is 8.78 Å². The van der Waals surface area contributed by atoms with Crippen LogP contribution in [0.25, 0.3) is 53.8 Å². The van der Waals surface area contributed by atoms with Gasteiger partial charge in [-0.25, -0.2) is 8.78 Å². The summed E-state index contributed by atoms with van der Waals surface area (Å²) >= 11 is -0.159. The molecule has 0 N–H and O–H groups in total. The number of fused-ring (bicyclic) bond motifs is 3. The van der Waals surface area contributed by atoms with Crippen molar-refractivity contribution >= 4 is 49.2 Å². The number of benzene rings is 4. The standard InChI is InChI=1S/C28H22F2NS.C15H18GeN.Ir/c1-28(2,3)16-17-9-10-31-25(11-17)18-7-8-26-24(14-18)23-6-4-5-22(27(23)32-26)19-12-20(29)15-21(30)13-19;1-12-10-15(13-8-6-5-7-9-13)17-11-14(12)16(2,3)4;/h4-6,8-15H,16H2,1-3H3;5-8,10-11H,1-4H3;/q2*-1;. The smallest absolute Gasteiger partial charge is 0 e. The molecule has 0 aliphatic carbocycles. The van der Waals surface area contributed by atoms with E-state index in [1.54, 1.807) is 11.3 Å². The van der Waals surface area contributed by atoms with Crippen molar-refractivity contribution in [2.45, 2.75) is 51.4 Å². The zero-order chi connectivity index (χ0) is 34.9. The molecule has 3 aromatic heterocycles. The largest absolute Gasteiger partial charge is 0 e. The first-order chi connectivity index (χ1) is 23.2. The van der Waals surface area contributed by atoms with Crippen LogP contribution in [0.15, 0.2) is 103 Å². The molecule has 3 heterocycles. The molecular formula is C43H40F2GeIrN2S-2. The Morgan fingerprint density at radius 1 is 0.780 bits per heavy atom. The van der Waals surface area contributed by atoms with Crippen molar-refractivity contribution in [2.24, 2.45) is 5.41 Å². The van der Waals surface area contributed by atoms with Gasteiger partial charge in [-0.05, 0) is 56.9 Å². The van der Waals surface area contributed by atoms with E-state index in [-0.39, 0.29) is 25.5 Å². The van der Waals surface area contributed by atoms with Crippen LogP contribution >= 0.6 is 11.3 Å². The Morgan fingerprint density at radius 3 is 2.18 bits per heavy atom. The first kappa shape index (κ1) is 37.7. The van der Waals surface area contributed by atoms with Gasteiger partial charge in [0.05, 0.1) is 0 Å². The number of hydrogen-bond donors (Lipinski definition) is 0. The molecule has 0 saturated heterocycles. The Kier molecular flexibility index (Phi) is 11.6. The van der Waals surface area contributed by atoms with Crippen LogP contribution in [-0.4, -0.2) is 23.2 Å². The van der Waals surface area contributed by atoms with Gasteiger partial charge in [-0.2, -0.15) is 11.3 Å². The minimum Gasteiger partial charge on any atom is 0 e. The van der Waals surface area contributed by atoms with Crippen LogP contribution in [0.5, 0.6) is 0 Å². The molecule has 1 radical (unpaired) electrons. The summed E-state index contributed by atoms with van der Waals surface area (Å²) in [6.07, 6.45) is 4.90. The van der Waals surface area contributed by atoms with Gasteiger partial charge in [0.25, 0.3) is 0 Å². The second-order valence-electron chi connectivity index (χ2n) is 14.8. The molecule has 0 unspecified atom stereocenters. The van der Waals surface area contributed by atoms with Gasteiger partial charge >= 0.3 is 106 Å². The maximum Gasteiger partial charge on any atom is 0 e. The molecule has 2 nitrogen and oxygen atoms in total. The number of pyridine rings is 2. The van der Waals surface area contributed by atoms with E-state index in [2.05, 4.69) is 110 Å². The Labute approximate surface area is 314 Å². The minimum atomic E-state index is -1.77. The molecule has 7 aromatic rings. The molecule has 0 bridgehead atoms. The fourth-order valence-corrected chi connectivity index (χ4v) is 11.0. The van der Waals surface area contributed by atoms with Gasteiger partial charge in [-0.1, -0.05) is 56.0 Å². The third kappa shape index (κ3) is 8.84.